The quantitative estimate of drug-likeness (QED) is 0.766. The van der Waals surface area contributed by atoms with Crippen LogP contribution in [0.5, 0.6) is 0 Å². The van der Waals surface area contributed by atoms with Gasteiger partial charge in [0.25, 0.3) is 0 Å². The van der Waals surface area contributed by atoms with E-state index in [0.717, 1.165) is 19.6 Å². The van der Waals surface area contributed by atoms with Crippen LogP contribution in [-0.2, 0) is 6.54 Å². The summed E-state index contributed by atoms with van der Waals surface area (Å²) >= 11 is 0. The van der Waals surface area contributed by atoms with Crippen LogP contribution in [0.2, 0.25) is 0 Å². The maximum Gasteiger partial charge on any atom is 0.0312 e. The first-order valence-electron chi connectivity index (χ1n) is 5.53. The molecule has 0 saturated heterocycles. The van der Waals surface area contributed by atoms with Crippen LogP contribution in [0.3, 0.4) is 0 Å². The van der Waals surface area contributed by atoms with Crippen LogP contribution in [0, 0.1) is 0 Å². The lowest BCUT2D eigenvalue weighted by atomic mass is 10.2. The monoisotopic (exact) mass is 207 g/mol. The molecule has 1 atom stereocenters. The van der Waals surface area contributed by atoms with Crippen LogP contribution in [0.4, 0.5) is 0 Å². The molecule has 1 N–H and O–H groups in total. The molecular formula is C12H21N3. The molecule has 0 aliphatic carbocycles. The SMILES string of the molecule is CCN(C)CC(C)NCc1cccnc1. The highest BCUT2D eigenvalue weighted by atomic mass is 15.1. The fraction of sp³-hybridized carbons (Fsp3) is 0.583. The summed E-state index contributed by atoms with van der Waals surface area (Å²) in [5, 5.41) is 3.48. The third-order valence-electron chi connectivity index (χ3n) is 2.50. The summed E-state index contributed by atoms with van der Waals surface area (Å²) in [6.07, 6.45) is 3.71. The summed E-state index contributed by atoms with van der Waals surface area (Å²) in [5.41, 5.74) is 1.24. The summed E-state index contributed by atoms with van der Waals surface area (Å²) < 4.78 is 0. The van der Waals surface area contributed by atoms with Crippen molar-refractivity contribution in [3.63, 3.8) is 0 Å². The molecule has 0 spiro atoms. The molecular weight excluding hydrogens is 186 g/mol. The van der Waals surface area contributed by atoms with E-state index in [2.05, 4.69) is 42.2 Å². The molecule has 0 bridgehead atoms. The number of likely N-dealkylation sites (N-methyl/N-ethyl adjacent to an activating group) is 1. The van der Waals surface area contributed by atoms with Gasteiger partial charge in [-0.2, -0.15) is 0 Å². The Hall–Kier alpha value is -0.930. The van der Waals surface area contributed by atoms with Gasteiger partial charge in [0.2, 0.25) is 0 Å². The lowest BCUT2D eigenvalue weighted by Gasteiger charge is -2.20. The Morgan fingerprint density at radius 1 is 1.53 bits per heavy atom. The highest BCUT2D eigenvalue weighted by molar-refractivity contribution is 5.07. The Balaban J connectivity index is 2.25. The molecule has 0 aliphatic heterocycles. The molecule has 15 heavy (non-hydrogen) atoms. The average molecular weight is 207 g/mol. The third-order valence-corrected chi connectivity index (χ3v) is 2.50. The first-order chi connectivity index (χ1) is 7.22. The summed E-state index contributed by atoms with van der Waals surface area (Å²) in [6.45, 7) is 7.46. The van der Waals surface area contributed by atoms with E-state index < -0.39 is 0 Å². The van der Waals surface area contributed by atoms with Gasteiger partial charge in [-0.05, 0) is 32.1 Å². The van der Waals surface area contributed by atoms with Crippen molar-refractivity contribution in [3.8, 4) is 0 Å². The largest absolute Gasteiger partial charge is 0.309 e. The first-order valence-corrected chi connectivity index (χ1v) is 5.53. The molecule has 0 fully saturated rings. The summed E-state index contributed by atoms with van der Waals surface area (Å²) in [5.74, 6) is 0. The first kappa shape index (κ1) is 12.1. The minimum absolute atomic E-state index is 0.509. The predicted molar refractivity (Wildman–Crippen MR) is 63.7 cm³/mol. The minimum Gasteiger partial charge on any atom is -0.309 e. The summed E-state index contributed by atoms with van der Waals surface area (Å²) in [6, 6.07) is 4.57. The maximum absolute atomic E-state index is 4.09. The van der Waals surface area contributed by atoms with E-state index in [1.165, 1.54) is 5.56 Å². The van der Waals surface area contributed by atoms with Crippen molar-refractivity contribution in [1.82, 2.24) is 15.2 Å². The molecule has 0 radical (unpaired) electrons. The van der Waals surface area contributed by atoms with E-state index in [9.17, 15) is 0 Å². The molecule has 1 unspecified atom stereocenters. The van der Waals surface area contributed by atoms with Gasteiger partial charge in [-0.15, -0.1) is 0 Å². The fourth-order valence-corrected chi connectivity index (χ4v) is 1.46. The molecule has 1 heterocycles. The Morgan fingerprint density at radius 2 is 2.33 bits per heavy atom. The van der Waals surface area contributed by atoms with Gasteiger partial charge in [0.05, 0.1) is 0 Å². The second-order valence-electron chi connectivity index (χ2n) is 4.00. The Morgan fingerprint density at radius 3 is 2.93 bits per heavy atom. The highest BCUT2D eigenvalue weighted by Crippen LogP contribution is 1.96. The van der Waals surface area contributed by atoms with Crippen molar-refractivity contribution in [2.45, 2.75) is 26.4 Å². The van der Waals surface area contributed by atoms with Gasteiger partial charge in [-0.3, -0.25) is 4.98 Å². The lowest BCUT2D eigenvalue weighted by molar-refractivity contribution is 0.309. The Labute approximate surface area is 92.5 Å². The van der Waals surface area contributed by atoms with Gasteiger partial charge in [0.1, 0.15) is 0 Å². The highest BCUT2D eigenvalue weighted by Gasteiger charge is 2.03. The van der Waals surface area contributed by atoms with Crippen LogP contribution >= 0.6 is 0 Å². The number of nitrogens with one attached hydrogen (secondary N) is 1. The van der Waals surface area contributed by atoms with Crippen LogP contribution in [-0.4, -0.2) is 36.1 Å². The number of nitrogens with zero attached hydrogens (tertiary/aromatic N) is 2. The average Bonchev–Trinajstić information content (AvgIpc) is 2.27. The van der Waals surface area contributed by atoms with E-state index in [0.29, 0.717) is 6.04 Å². The van der Waals surface area contributed by atoms with Crippen LogP contribution in [0.15, 0.2) is 24.5 Å². The Kier molecular flexibility index (Phi) is 5.29. The van der Waals surface area contributed by atoms with E-state index in [-0.39, 0.29) is 0 Å². The topological polar surface area (TPSA) is 28.2 Å². The molecule has 0 amide bonds. The number of hydrogen-bond donors (Lipinski definition) is 1. The van der Waals surface area contributed by atoms with Crippen LogP contribution in [0.25, 0.3) is 0 Å². The predicted octanol–water partition coefficient (Wildman–Crippen LogP) is 1.51. The van der Waals surface area contributed by atoms with E-state index in [1.54, 1.807) is 6.20 Å². The zero-order valence-corrected chi connectivity index (χ0v) is 9.90. The van der Waals surface area contributed by atoms with Gasteiger partial charge < -0.3 is 10.2 Å². The van der Waals surface area contributed by atoms with Gasteiger partial charge in [-0.25, -0.2) is 0 Å². The van der Waals surface area contributed by atoms with Gasteiger partial charge in [0.15, 0.2) is 0 Å². The maximum atomic E-state index is 4.09. The molecule has 1 aromatic heterocycles. The number of rotatable bonds is 6. The minimum atomic E-state index is 0.509. The molecule has 0 aromatic carbocycles. The van der Waals surface area contributed by atoms with E-state index in [4.69, 9.17) is 0 Å². The van der Waals surface area contributed by atoms with Crippen molar-refractivity contribution in [3.05, 3.63) is 30.1 Å². The molecule has 0 aliphatic rings. The Bertz CT molecular complexity index is 261. The van der Waals surface area contributed by atoms with Gasteiger partial charge in [-0.1, -0.05) is 13.0 Å². The van der Waals surface area contributed by atoms with Crippen molar-refractivity contribution < 1.29 is 0 Å². The molecule has 3 heteroatoms. The standard InChI is InChI=1S/C12H21N3/c1-4-15(3)10-11(2)14-9-12-6-5-7-13-8-12/h5-8,11,14H,4,9-10H2,1-3H3. The number of pyridine rings is 1. The van der Waals surface area contributed by atoms with E-state index in [1.807, 2.05) is 12.3 Å². The molecule has 84 valence electrons. The molecule has 1 aromatic rings. The fourth-order valence-electron chi connectivity index (χ4n) is 1.46. The molecule has 3 nitrogen and oxygen atoms in total. The second-order valence-corrected chi connectivity index (χ2v) is 4.00. The van der Waals surface area contributed by atoms with Crippen molar-refractivity contribution in [2.75, 3.05) is 20.1 Å². The second kappa shape index (κ2) is 6.53. The van der Waals surface area contributed by atoms with Gasteiger partial charge >= 0.3 is 0 Å². The van der Waals surface area contributed by atoms with Crippen LogP contribution < -0.4 is 5.32 Å². The van der Waals surface area contributed by atoms with Crippen LogP contribution in [0.1, 0.15) is 19.4 Å². The summed E-state index contributed by atoms with van der Waals surface area (Å²) in [7, 11) is 2.14. The normalized spacial score (nSPS) is 13.1. The van der Waals surface area contributed by atoms with Crippen molar-refractivity contribution in [1.29, 1.82) is 0 Å². The zero-order chi connectivity index (χ0) is 11.1. The lowest BCUT2D eigenvalue weighted by Crippen LogP contribution is -2.36. The van der Waals surface area contributed by atoms with Crippen molar-refractivity contribution in [2.24, 2.45) is 0 Å². The number of hydrogen-bond acceptors (Lipinski definition) is 3. The van der Waals surface area contributed by atoms with Gasteiger partial charge in [0, 0.05) is 31.5 Å². The zero-order valence-electron chi connectivity index (χ0n) is 9.90. The molecule has 0 saturated carbocycles. The smallest absolute Gasteiger partial charge is 0.0312 e. The number of aromatic nitrogens is 1. The van der Waals surface area contributed by atoms with Crippen molar-refractivity contribution >= 4 is 0 Å². The summed E-state index contributed by atoms with van der Waals surface area (Å²) in [4.78, 5) is 6.40. The molecule has 1 rings (SSSR count). The van der Waals surface area contributed by atoms with E-state index >= 15 is 0 Å². The third kappa shape index (κ3) is 4.91.